The SMILES string of the molecule is C/C=C(\C)c1cnc2ccc(/C(C)=C(/NC#CCC)c3cc(C(C)CC)ccc3F)cc2c1. The van der Waals surface area contributed by atoms with Crippen LogP contribution in [0.4, 0.5) is 4.39 Å². The Balaban J connectivity index is 2.19. The van der Waals surface area contributed by atoms with Crippen molar-refractivity contribution >= 4 is 27.7 Å². The van der Waals surface area contributed by atoms with Crippen molar-refractivity contribution in [2.45, 2.75) is 60.3 Å². The molecule has 0 saturated heterocycles. The number of aromatic nitrogens is 1. The van der Waals surface area contributed by atoms with E-state index < -0.39 is 0 Å². The highest BCUT2D eigenvalue weighted by molar-refractivity contribution is 5.93. The second-order valence-corrected chi connectivity index (χ2v) is 8.43. The molecular weight excluding hydrogens is 407 g/mol. The number of pyridine rings is 1. The highest BCUT2D eigenvalue weighted by Gasteiger charge is 2.15. The van der Waals surface area contributed by atoms with Crippen LogP contribution in [-0.2, 0) is 0 Å². The van der Waals surface area contributed by atoms with Gasteiger partial charge < -0.3 is 5.32 Å². The smallest absolute Gasteiger partial charge is 0.132 e. The first-order chi connectivity index (χ1) is 15.9. The first kappa shape index (κ1) is 24.3. The summed E-state index contributed by atoms with van der Waals surface area (Å²) in [5.41, 5.74) is 7.54. The van der Waals surface area contributed by atoms with E-state index in [0.717, 1.165) is 46.0 Å². The number of nitrogens with zero attached hydrogens (tertiary/aromatic N) is 1. The average molecular weight is 441 g/mol. The second-order valence-electron chi connectivity index (χ2n) is 8.43. The fourth-order valence-electron chi connectivity index (χ4n) is 3.73. The molecule has 0 fully saturated rings. The third kappa shape index (κ3) is 5.52. The first-order valence-corrected chi connectivity index (χ1v) is 11.7. The largest absolute Gasteiger partial charge is 0.314 e. The van der Waals surface area contributed by atoms with Gasteiger partial charge in [0, 0.05) is 29.6 Å². The lowest BCUT2D eigenvalue weighted by atomic mass is 9.93. The van der Waals surface area contributed by atoms with Crippen LogP contribution in [0, 0.1) is 17.8 Å². The summed E-state index contributed by atoms with van der Waals surface area (Å²) in [6, 6.07) is 16.7. The molecule has 0 aliphatic rings. The van der Waals surface area contributed by atoms with Gasteiger partial charge in [-0.25, -0.2) is 4.39 Å². The maximum Gasteiger partial charge on any atom is 0.132 e. The zero-order valence-corrected chi connectivity index (χ0v) is 20.5. The summed E-state index contributed by atoms with van der Waals surface area (Å²) >= 11 is 0. The number of halogens is 1. The number of hydrogen-bond acceptors (Lipinski definition) is 2. The van der Waals surface area contributed by atoms with Gasteiger partial charge in [-0.1, -0.05) is 44.9 Å². The third-order valence-electron chi connectivity index (χ3n) is 6.27. The minimum Gasteiger partial charge on any atom is -0.314 e. The Morgan fingerprint density at radius 1 is 1.09 bits per heavy atom. The maximum atomic E-state index is 15.1. The predicted molar refractivity (Wildman–Crippen MR) is 140 cm³/mol. The molecule has 0 bridgehead atoms. The highest BCUT2D eigenvalue weighted by atomic mass is 19.1. The summed E-state index contributed by atoms with van der Waals surface area (Å²) < 4.78 is 15.1. The summed E-state index contributed by atoms with van der Waals surface area (Å²) in [4.78, 5) is 4.61. The van der Waals surface area contributed by atoms with Crippen molar-refractivity contribution in [1.29, 1.82) is 0 Å². The van der Waals surface area contributed by atoms with Crippen LogP contribution in [0.25, 0.3) is 27.7 Å². The van der Waals surface area contributed by atoms with Crippen LogP contribution in [0.5, 0.6) is 0 Å². The molecular formula is C30H33FN2. The Labute approximate surface area is 197 Å². The van der Waals surface area contributed by atoms with Gasteiger partial charge in [0.1, 0.15) is 5.82 Å². The van der Waals surface area contributed by atoms with Crippen molar-refractivity contribution in [2.75, 3.05) is 0 Å². The highest BCUT2D eigenvalue weighted by Crippen LogP contribution is 2.31. The van der Waals surface area contributed by atoms with E-state index in [0.29, 0.717) is 17.2 Å². The zero-order chi connectivity index (χ0) is 24.0. The Bertz CT molecular complexity index is 1270. The first-order valence-electron chi connectivity index (χ1n) is 11.7. The molecule has 0 radical (unpaired) electrons. The Morgan fingerprint density at radius 2 is 1.85 bits per heavy atom. The molecule has 1 unspecified atom stereocenters. The van der Waals surface area contributed by atoms with Crippen LogP contribution in [-0.4, -0.2) is 4.98 Å². The van der Waals surface area contributed by atoms with Gasteiger partial charge in [0.25, 0.3) is 0 Å². The fourth-order valence-corrected chi connectivity index (χ4v) is 3.73. The van der Waals surface area contributed by atoms with E-state index in [1.807, 2.05) is 51.2 Å². The van der Waals surface area contributed by atoms with Gasteiger partial charge in [-0.2, -0.15) is 0 Å². The molecule has 2 aromatic carbocycles. The number of rotatable bonds is 6. The molecule has 0 spiro atoms. The van der Waals surface area contributed by atoms with Crippen LogP contribution in [0.3, 0.4) is 0 Å². The van der Waals surface area contributed by atoms with Gasteiger partial charge in [-0.3, -0.25) is 4.98 Å². The number of fused-ring (bicyclic) bond motifs is 1. The standard InChI is InChI=1S/C30H33FN2/c1-7-10-15-32-30(27-18-23(20(4)8-2)11-13-28(27)31)22(6)24-12-14-29-25(16-24)17-26(19-33-29)21(5)9-3/h9,11-14,16-20,32H,7-8H2,1-6H3/b21-9+,30-22+. The Morgan fingerprint density at radius 3 is 2.55 bits per heavy atom. The van der Waals surface area contributed by atoms with Crippen LogP contribution in [0.2, 0.25) is 0 Å². The minimum absolute atomic E-state index is 0.254. The molecule has 0 amide bonds. The van der Waals surface area contributed by atoms with Crippen LogP contribution in [0.1, 0.15) is 82.6 Å². The van der Waals surface area contributed by atoms with Crippen molar-refractivity contribution in [3.05, 3.63) is 82.8 Å². The molecule has 3 heteroatoms. The number of allylic oxidation sites excluding steroid dienone is 3. The number of nitrogens with one attached hydrogen (secondary N) is 1. The van der Waals surface area contributed by atoms with Gasteiger partial charge in [0.2, 0.25) is 0 Å². The lowest BCUT2D eigenvalue weighted by Crippen LogP contribution is -2.10. The lowest BCUT2D eigenvalue weighted by Gasteiger charge is -2.16. The van der Waals surface area contributed by atoms with Gasteiger partial charge >= 0.3 is 0 Å². The lowest BCUT2D eigenvalue weighted by molar-refractivity contribution is 0.620. The molecule has 1 heterocycles. The molecule has 0 aliphatic carbocycles. The molecule has 0 aliphatic heterocycles. The summed E-state index contributed by atoms with van der Waals surface area (Å²) in [6.45, 7) is 12.4. The van der Waals surface area contributed by atoms with E-state index in [2.05, 4.69) is 61.2 Å². The summed E-state index contributed by atoms with van der Waals surface area (Å²) in [6.07, 6.45) is 5.71. The minimum atomic E-state index is -0.254. The average Bonchev–Trinajstić information content (AvgIpc) is 2.85. The quantitative estimate of drug-likeness (QED) is 0.238. The van der Waals surface area contributed by atoms with Crippen molar-refractivity contribution in [1.82, 2.24) is 10.3 Å². The van der Waals surface area contributed by atoms with Crippen molar-refractivity contribution in [2.24, 2.45) is 0 Å². The summed E-state index contributed by atoms with van der Waals surface area (Å²) in [5, 5.41) is 4.25. The zero-order valence-electron chi connectivity index (χ0n) is 20.5. The molecule has 170 valence electrons. The van der Waals surface area contributed by atoms with Crippen LogP contribution in [0.15, 0.2) is 54.7 Å². The van der Waals surface area contributed by atoms with Crippen LogP contribution < -0.4 is 5.32 Å². The molecule has 3 aromatic rings. The van der Waals surface area contributed by atoms with Crippen LogP contribution >= 0.6 is 0 Å². The number of hydrogen-bond donors (Lipinski definition) is 1. The van der Waals surface area contributed by atoms with E-state index in [-0.39, 0.29) is 5.82 Å². The molecule has 1 atom stereocenters. The van der Waals surface area contributed by atoms with Crippen molar-refractivity contribution in [3.63, 3.8) is 0 Å². The van der Waals surface area contributed by atoms with Crippen molar-refractivity contribution in [3.8, 4) is 12.0 Å². The van der Waals surface area contributed by atoms with Gasteiger partial charge in [0.15, 0.2) is 0 Å². The molecule has 33 heavy (non-hydrogen) atoms. The van der Waals surface area contributed by atoms with E-state index >= 15 is 4.39 Å². The summed E-state index contributed by atoms with van der Waals surface area (Å²) in [7, 11) is 0. The summed E-state index contributed by atoms with van der Waals surface area (Å²) in [5.74, 6) is 3.15. The van der Waals surface area contributed by atoms with Gasteiger partial charge in [0.05, 0.1) is 11.2 Å². The second kappa shape index (κ2) is 11.0. The molecule has 1 N–H and O–H groups in total. The van der Waals surface area contributed by atoms with Crippen molar-refractivity contribution < 1.29 is 4.39 Å². The fraction of sp³-hybridized carbons (Fsp3) is 0.300. The maximum absolute atomic E-state index is 15.1. The monoisotopic (exact) mass is 440 g/mol. The van der Waals surface area contributed by atoms with Gasteiger partial charge in [-0.15, -0.1) is 0 Å². The third-order valence-corrected chi connectivity index (χ3v) is 6.27. The molecule has 0 saturated carbocycles. The number of benzene rings is 2. The normalized spacial score (nSPS) is 13.2. The Kier molecular flexibility index (Phi) is 8.06. The Hall–Kier alpha value is -3.38. The molecule has 3 rings (SSSR count). The van der Waals surface area contributed by atoms with E-state index in [1.165, 1.54) is 5.57 Å². The van der Waals surface area contributed by atoms with E-state index in [9.17, 15) is 0 Å². The molecule has 2 nitrogen and oxygen atoms in total. The topological polar surface area (TPSA) is 24.9 Å². The van der Waals surface area contributed by atoms with E-state index in [4.69, 9.17) is 0 Å². The molecule has 1 aromatic heterocycles. The van der Waals surface area contributed by atoms with Gasteiger partial charge in [-0.05, 0) is 91.3 Å². The van der Waals surface area contributed by atoms with E-state index in [1.54, 1.807) is 6.07 Å². The predicted octanol–water partition coefficient (Wildman–Crippen LogP) is 8.16.